The van der Waals surface area contributed by atoms with Gasteiger partial charge in [0.1, 0.15) is 5.82 Å². The molecule has 0 aromatic heterocycles. The van der Waals surface area contributed by atoms with Gasteiger partial charge in [0.2, 0.25) is 0 Å². The normalized spacial score (nSPS) is 10.6. The smallest absolute Gasteiger partial charge is 0.159 e. The third kappa shape index (κ3) is 2.58. The van der Waals surface area contributed by atoms with E-state index in [0.717, 1.165) is 16.7 Å². The van der Waals surface area contributed by atoms with Gasteiger partial charge in [-0.1, -0.05) is 12.1 Å². The van der Waals surface area contributed by atoms with Crippen LogP contribution in [0.1, 0.15) is 34.0 Å². The summed E-state index contributed by atoms with van der Waals surface area (Å²) < 4.78 is 14.0. The lowest BCUT2D eigenvalue weighted by atomic mass is 9.94. The molecule has 2 rings (SSSR count). The van der Waals surface area contributed by atoms with Crippen LogP contribution in [0.2, 0.25) is 0 Å². The number of aryl methyl sites for hydroxylation is 3. The number of ketones is 1. The van der Waals surface area contributed by atoms with Crippen molar-refractivity contribution in [2.75, 3.05) is 0 Å². The maximum atomic E-state index is 14.0. The molecule has 0 saturated carbocycles. The summed E-state index contributed by atoms with van der Waals surface area (Å²) >= 11 is 0. The van der Waals surface area contributed by atoms with Gasteiger partial charge in [0, 0.05) is 11.1 Å². The van der Waals surface area contributed by atoms with Crippen LogP contribution in [0.5, 0.6) is 0 Å². The van der Waals surface area contributed by atoms with E-state index in [1.165, 1.54) is 24.6 Å². The van der Waals surface area contributed by atoms with Crippen molar-refractivity contribution in [2.24, 2.45) is 0 Å². The largest absolute Gasteiger partial charge is 0.295 e. The van der Waals surface area contributed by atoms with Gasteiger partial charge in [-0.2, -0.15) is 0 Å². The predicted octanol–water partition coefficient (Wildman–Crippen LogP) is 4.62. The molecular weight excluding hydrogens is 239 g/mol. The van der Waals surface area contributed by atoms with Gasteiger partial charge in [-0.15, -0.1) is 0 Å². The summed E-state index contributed by atoms with van der Waals surface area (Å²) in [7, 11) is 0. The van der Waals surface area contributed by atoms with Gasteiger partial charge < -0.3 is 0 Å². The van der Waals surface area contributed by atoms with Crippen LogP contribution in [-0.2, 0) is 0 Å². The van der Waals surface area contributed by atoms with E-state index in [1.54, 1.807) is 6.07 Å². The minimum atomic E-state index is -0.295. The second-order valence-corrected chi connectivity index (χ2v) is 5.00. The van der Waals surface area contributed by atoms with Crippen molar-refractivity contribution in [2.45, 2.75) is 27.7 Å². The fourth-order valence-electron chi connectivity index (χ4n) is 2.20. The van der Waals surface area contributed by atoms with Crippen molar-refractivity contribution < 1.29 is 9.18 Å². The van der Waals surface area contributed by atoms with Gasteiger partial charge in [0.25, 0.3) is 0 Å². The van der Waals surface area contributed by atoms with Gasteiger partial charge in [-0.25, -0.2) is 4.39 Å². The Morgan fingerprint density at radius 2 is 1.53 bits per heavy atom. The maximum absolute atomic E-state index is 14.0. The van der Waals surface area contributed by atoms with Crippen LogP contribution in [0, 0.1) is 26.6 Å². The Kier molecular flexibility index (Phi) is 3.52. The predicted molar refractivity (Wildman–Crippen MR) is 76.1 cm³/mol. The molecule has 19 heavy (non-hydrogen) atoms. The molecule has 2 aromatic carbocycles. The Morgan fingerprint density at radius 3 is 2.16 bits per heavy atom. The molecule has 0 aliphatic carbocycles. The molecule has 0 aliphatic rings. The zero-order valence-electron chi connectivity index (χ0n) is 11.7. The molecule has 2 heteroatoms. The summed E-state index contributed by atoms with van der Waals surface area (Å²) in [6.07, 6.45) is 0. The first-order valence-corrected chi connectivity index (χ1v) is 6.29. The lowest BCUT2D eigenvalue weighted by Gasteiger charge is -2.12. The second kappa shape index (κ2) is 4.96. The average molecular weight is 256 g/mol. The molecule has 0 unspecified atom stereocenters. The van der Waals surface area contributed by atoms with E-state index in [0.29, 0.717) is 11.1 Å². The molecule has 0 atom stereocenters. The Labute approximate surface area is 113 Å². The molecule has 0 bridgehead atoms. The minimum Gasteiger partial charge on any atom is -0.295 e. The highest BCUT2D eigenvalue weighted by molar-refractivity contribution is 5.95. The van der Waals surface area contributed by atoms with Gasteiger partial charge >= 0.3 is 0 Å². The van der Waals surface area contributed by atoms with Gasteiger partial charge in [-0.05, 0) is 68.1 Å². The quantitative estimate of drug-likeness (QED) is 0.716. The molecule has 0 N–H and O–H groups in total. The fraction of sp³-hybridized carbons (Fsp3) is 0.235. The fourth-order valence-corrected chi connectivity index (χ4v) is 2.20. The van der Waals surface area contributed by atoms with E-state index in [-0.39, 0.29) is 11.6 Å². The first-order chi connectivity index (χ1) is 8.90. The monoisotopic (exact) mass is 256 g/mol. The molecule has 0 amide bonds. The van der Waals surface area contributed by atoms with Crippen molar-refractivity contribution in [1.29, 1.82) is 0 Å². The number of hydrogen-bond donors (Lipinski definition) is 0. The van der Waals surface area contributed by atoms with Crippen LogP contribution in [0.4, 0.5) is 4.39 Å². The zero-order valence-corrected chi connectivity index (χ0v) is 11.7. The number of benzene rings is 2. The Balaban J connectivity index is 2.67. The molecular formula is C17H17FO. The molecule has 0 heterocycles. The third-order valence-electron chi connectivity index (χ3n) is 3.50. The lowest BCUT2D eigenvalue weighted by Crippen LogP contribution is -1.96. The van der Waals surface area contributed by atoms with E-state index in [4.69, 9.17) is 0 Å². The standard InChI is InChI=1S/C17H17FO/c1-10-7-12(3)15(8-11(10)2)16-9-14(13(4)19)5-6-17(16)18/h5-9H,1-4H3. The van der Waals surface area contributed by atoms with E-state index < -0.39 is 0 Å². The Morgan fingerprint density at radius 1 is 0.895 bits per heavy atom. The van der Waals surface area contributed by atoms with Crippen molar-refractivity contribution in [3.05, 3.63) is 58.4 Å². The topological polar surface area (TPSA) is 17.1 Å². The summed E-state index contributed by atoms with van der Waals surface area (Å²) in [5.74, 6) is -0.348. The minimum absolute atomic E-state index is 0.0530. The number of carbonyl (C=O) groups excluding carboxylic acids is 1. The van der Waals surface area contributed by atoms with E-state index >= 15 is 0 Å². The van der Waals surface area contributed by atoms with Crippen LogP contribution in [0.15, 0.2) is 30.3 Å². The molecule has 1 nitrogen and oxygen atoms in total. The Hall–Kier alpha value is -1.96. The Bertz CT molecular complexity index is 657. The van der Waals surface area contributed by atoms with Crippen molar-refractivity contribution in [1.82, 2.24) is 0 Å². The van der Waals surface area contributed by atoms with Crippen LogP contribution >= 0.6 is 0 Å². The number of Topliss-reactive ketones (excluding diaryl/α,β-unsaturated/α-hetero) is 1. The molecule has 0 spiro atoms. The molecule has 0 saturated heterocycles. The molecule has 2 aromatic rings. The summed E-state index contributed by atoms with van der Waals surface area (Å²) in [6.45, 7) is 7.49. The van der Waals surface area contributed by atoms with Crippen LogP contribution in [-0.4, -0.2) is 5.78 Å². The van der Waals surface area contributed by atoms with Crippen molar-refractivity contribution in [3.63, 3.8) is 0 Å². The van der Waals surface area contributed by atoms with Gasteiger partial charge in [0.15, 0.2) is 5.78 Å². The van der Waals surface area contributed by atoms with Gasteiger partial charge in [0.05, 0.1) is 0 Å². The number of carbonyl (C=O) groups is 1. The summed E-state index contributed by atoms with van der Waals surface area (Å²) in [5.41, 5.74) is 5.20. The molecule has 0 radical (unpaired) electrons. The first-order valence-electron chi connectivity index (χ1n) is 6.29. The maximum Gasteiger partial charge on any atom is 0.159 e. The van der Waals surface area contributed by atoms with Crippen LogP contribution < -0.4 is 0 Å². The molecule has 0 fully saturated rings. The molecule has 98 valence electrons. The highest BCUT2D eigenvalue weighted by Crippen LogP contribution is 2.29. The van der Waals surface area contributed by atoms with Crippen LogP contribution in [0.25, 0.3) is 11.1 Å². The number of rotatable bonds is 2. The first kappa shape index (κ1) is 13.5. The van der Waals surface area contributed by atoms with E-state index in [2.05, 4.69) is 0 Å². The van der Waals surface area contributed by atoms with Crippen molar-refractivity contribution in [3.8, 4) is 11.1 Å². The van der Waals surface area contributed by atoms with E-state index in [9.17, 15) is 9.18 Å². The number of halogens is 1. The zero-order chi connectivity index (χ0) is 14.2. The molecule has 0 aliphatic heterocycles. The second-order valence-electron chi connectivity index (χ2n) is 5.00. The van der Waals surface area contributed by atoms with Crippen molar-refractivity contribution >= 4 is 5.78 Å². The SMILES string of the molecule is CC(=O)c1ccc(F)c(-c2cc(C)c(C)cc2C)c1. The highest BCUT2D eigenvalue weighted by Gasteiger charge is 2.11. The highest BCUT2D eigenvalue weighted by atomic mass is 19.1. The summed E-state index contributed by atoms with van der Waals surface area (Å²) in [5, 5.41) is 0. The summed E-state index contributed by atoms with van der Waals surface area (Å²) in [6, 6.07) is 8.55. The average Bonchev–Trinajstić information content (AvgIpc) is 2.34. The summed E-state index contributed by atoms with van der Waals surface area (Å²) in [4.78, 5) is 11.4. The third-order valence-corrected chi connectivity index (χ3v) is 3.50. The van der Waals surface area contributed by atoms with Crippen LogP contribution in [0.3, 0.4) is 0 Å². The van der Waals surface area contributed by atoms with E-state index in [1.807, 2.05) is 32.9 Å². The lowest BCUT2D eigenvalue weighted by molar-refractivity contribution is 0.101. The van der Waals surface area contributed by atoms with Gasteiger partial charge in [-0.3, -0.25) is 4.79 Å². The number of hydrogen-bond acceptors (Lipinski definition) is 1.